The smallest absolute Gasteiger partial charge is 0.416 e. The van der Waals surface area contributed by atoms with Crippen LogP contribution in [-0.2, 0) is 34.8 Å². The molecule has 0 bridgehead atoms. The van der Waals surface area contributed by atoms with Crippen LogP contribution in [-0.4, -0.2) is 78.7 Å². The standard InChI is InChI=1S/C29H32F6N4O4/c1-19-3-4-20(10-26(19)43-18-42-8-7-41-2)9-25-17-38(16-21-14-36-37-15-21)5-6-39(25)27(40)22-11-23(28(30,31)32)13-24(12-22)29(33,34)35/h3-4,10-15,25H,5-9,16-18H2,1-2H3,(H,36,37)/t25-/m1/s1. The number of aromatic amines is 1. The molecule has 8 nitrogen and oxygen atoms in total. The van der Waals surface area contributed by atoms with E-state index in [9.17, 15) is 31.1 Å². The van der Waals surface area contributed by atoms with E-state index in [1.807, 2.05) is 19.1 Å². The molecule has 1 aliphatic heterocycles. The highest BCUT2D eigenvalue weighted by Gasteiger charge is 2.39. The first-order valence-electron chi connectivity index (χ1n) is 13.4. The molecular weight excluding hydrogens is 582 g/mol. The second-order valence-corrected chi connectivity index (χ2v) is 10.3. The van der Waals surface area contributed by atoms with E-state index in [-0.39, 0.29) is 25.8 Å². The van der Waals surface area contributed by atoms with Gasteiger partial charge in [-0.25, -0.2) is 0 Å². The molecule has 1 amide bonds. The molecule has 0 unspecified atom stereocenters. The van der Waals surface area contributed by atoms with Crippen molar-refractivity contribution in [3.05, 3.63) is 82.2 Å². The van der Waals surface area contributed by atoms with Crippen molar-refractivity contribution in [3.63, 3.8) is 0 Å². The molecule has 1 saturated heterocycles. The van der Waals surface area contributed by atoms with Gasteiger partial charge in [0.1, 0.15) is 5.75 Å². The molecule has 1 aliphatic rings. The Morgan fingerprint density at radius 2 is 1.72 bits per heavy atom. The van der Waals surface area contributed by atoms with Gasteiger partial charge in [0.2, 0.25) is 0 Å². The summed E-state index contributed by atoms with van der Waals surface area (Å²) in [6, 6.07) is 5.88. The summed E-state index contributed by atoms with van der Waals surface area (Å²) in [6.45, 7) is 3.86. The number of halogens is 6. The van der Waals surface area contributed by atoms with Crippen molar-refractivity contribution in [1.29, 1.82) is 0 Å². The third kappa shape index (κ3) is 8.71. The van der Waals surface area contributed by atoms with Gasteiger partial charge in [-0.05, 0) is 48.7 Å². The Labute approximate surface area is 244 Å². The van der Waals surface area contributed by atoms with Crippen molar-refractivity contribution in [1.82, 2.24) is 20.0 Å². The van der Waals surface area contributed by atoms with E-state index in [0.717, 1.165) is 16.7 Å². The van der Waals surface area contributed by atoms with E-state index >= 15 is 0 Å². The van der Waals surface area contributed by atoms with E-state index in [4.69, 9.17) is 14.2 Å². The second-order valence-electron chi connectivity index (χ2n) is 10.3. The number of aromatic nitrogens is 2. The lowest BCUT2D eigenvalue weighted by Gasteiger charge is -2.42. The first kappa shape index (κ1) is 32.3. The predicted molar refractivity (Wildman–Crippen MR) is 143 cm³/mol. The summed E-state index contributed by atoms with van der Waals surface area (Å²) in [7, 11) is 1.55. The Bertz CT molecular complexity index is 1330. The molecule has 1 N–H and O–H groups in total. The molecule has 234 valence electrons. The average molecular weight is 615 g/mol. The Hall–Kier alpha value is -3.62. The van der Waals surface area contributed by atoms with Crippen molar-refractivity contribution in [2.45, 2.75) is 38.3 Å². The SMILES string of the molecule is COCCOCOc1cc(C[C@@H]2CN(Cc3cn[nH]c3)CCN2C(=O)c2cc(C(F)(F)F)cc(C(F)(F)F)c2)ccc1C. The van der Waals surface area contributed by atoms with Gasteiger partial charge in [0.05, 0.1) is 30.5 Å². The first-order valence-corrected chi connectivity index (χ1v) is 13.4. The number of nitrogens with one attached hydrogen (secondary N) is 1. The van der Waals surface area contributed by atoms with E-state index in [1.54, 1.807) is 25.6 Å². The molecule has 0 spiro atoms. The number of methoxy groups -OCH3 is 1. The molecule has 14 heteroatoms. The van der Waals surface area contributed by atoms with Gasteiger partial charge in [-0.1, -0.05) is 12.1 Å². The number of hydrogen-bond acceptors (Lipinski definition) is 6. The molecule has 1 fully saturated rings. The second kappa shape index (κ2) is 13.8. The maximum absolute atomic E-state index is 13.6. The third-order valence-electron chi connectivity index (χ3n) is 7.08. The zero-order valence-electron chi connectivity index (χ0n) is 23.6. The number of H-pyrrole nitrogens is 1. The van der Waals surface area contributed by atoms with Crippen molar-refractivity contribution in [2.75, 3.05) is 46.8 Å². The van der Waals surface area contributed by atoms with Crippen molar-refractivity contribution in [2.24, 2.45) is 0 Å². The van der Waals surface area contributed by atoms with Crippen LogP contribution < -0.4 is 4.74 Å². The Balaban J connectivity index is 1.61. The number of hydrogen-bond donors (Lipinski definition) is 1. The topological polar surface area (TPSA) is 79.9 Å². The maximum atomic E-state index is 13.6. The number of rotatable bonds is 11. The molecular formula is C29H32F6N4O4. The van der Waals surface area contributed by atoms with Crippen LogP contribution in [0, 0.1) is 6.92 Å². The lowest BCUT2D eigenvalue weighted by atomic mass is 9.98. The first-order chi connectivity index (χ1) is 20.3. The number of amides is 1. The summed E-state index contributed by atoms with van der Waals surface area (Å²) < 4.78 is 97.2. The molecule has 0 aliphatic carbocycles. The normalized spacial score (nSPS) is 16.5. The summed E-state index contributed by atoms with van der Waals surface area (Å²) >= 11 is 0. The highest BCUT2D eigenvalue weighted by Crippen LogP contribution is 2.37. The Kier molecular flexibility index (Phi) is 10.4. The number of ether oxygens (including phenoxy) is 3. The number of carbonyl (C=O) groups is 1. The monoisotopic (exact) mass is 614 g/mol. The summed E-state index contributed by atoms with van der Waals surface area (Å²) in [5.74, 6) is -0.355. The number of alkyl halides is 6. The Morgan fingerprint density at radius 3 is 2.35 bits per heavy atom. The summed E-state index contributed by atoms with van der Waals surface area (Å²) in [4.78, 5) is 17.1. The molecule has 3 aromatic rings. The van der Waals surface area contributed by atoms with Crippen molar-refractivity contribution >= 4 is 5.91 Å². The zero-order chi connectivity index (χ0) is 31.2. The molecule has 4 rings (SSSR count). The fraction of sp³-hybridized carbons (Fsp3) is 0.448. The lowest BCUT2D eigenvalue weighted by Crippen LogP contribution is -2.55. The van der Waals surface area contributed by atoms with Crippen LogP contribution in [0.2, 0.25) is 0 Å². The molecule has 2 aromatic carbocycles. The summed E-state index contributed by atoms with van der Waals surface area (Å²) in [6.07, 6.45) is -6.47. The van der Waals surface area contributed by atoms with Gasteiger partial charge in [0, 0.05) is 56.7 Å². The number of aryl methyl sites for hydroxylation is 1. The van der Waals surface area contributed by atoms with Gasteiger partial charge in [0.25, 0.3) is 5.91 Å². The van der Waals surface area contributed by atoms with Crippen LogP contribution in [0.4, 0.5) is 26.3 Å². The van der Waals surface area contributed by atoms with Crippen LogP contribution in [0.3, 0.4) is 0 Å². The molecule has 1 atom stereocenters. The lowest BCUT2D eigenvalue weighted by molar-refractivity contribution is -0.143. The van der Waals surface area contributed by atoms with Gasteiger partial charge in [-0.3, -0.25) is 14.8 Å². The van der Waals surface area contributed by atoms with Gasteiger partial charge in [0.15, 0.2) is 6.79 Å². The van der Waals surface area contributed by atoms with E-state index in [1.165, 1.54) is 4.90 Å². The van der Waals surface area contributed by atoms with Crippen LogP contribution in [0.25, 0.3) is 0 Å². The number of piperazine rings is 1. The number of carbonyl (C=O) groups excluding carboxylic acids is 1. The molecule has 0 radical (unpaired) electrons. The quantitative estimate of drug-likeness (QED) is 0.179. The van der Waals surface area contributed by atoms with Gasteiger partial charge >= 0.3 is 12.4 Å². The Morgan fingerprint density at radius 1 is 1.00 bits per heavy atom. The van der Waals surface area contributed by atoms with Crippen molar-refractivity contribution < 1.29 is 45.3 Å². The fourth-order valence-corrected chi connectivity index (χ4v) is 4.88. The van der Waals surface area contributed by atoms with E-state index < -0.39 is 41.0 Å². The van der Waals surface area contributed by atoms with Gasteiger partial charge in [-0.15, -0.1) is 0 Å². The van der Waals surface area contributed by atoms with E-state index in [0.29, 0.717) is 50.7 Å². The maximum Gasteiger partial charge on any atom is 0.416 e. The minimum Gasteiger partial charge on any atom is -0.467 e. The zero-order valence-corrected chi connectivity index (χ0v) is 23.6. The summed E-state index contributed by atoms with van der Waals surface area (Å²) in [5, 5.41) is 6.68. The number of benzene rings is 2. The number of nitrogens with zero attached hydrogens (tertiary/aromatic N) is 3. The molecule has 43 heavy (non-hydrogen) atoms. The minimum absolute atomic E-state index is 0.0166. The highest BCUT2D eigenvalue weighted by atomic mass is 19.4. The van der Waals surface area contributed by atoms with Crippen LogP contribution in [0.5, 0.6) is 5.75 Å². The average Bonchev–Trinajstić information content (AvgIpc) is 3.46. The predicted octanol–water partition coefficient (Wildman–Crippen LogP) is 5.32. The minimum atomic E-state index is -5.06. The van der Waals surface area contributed by atoms with Crippen LogP contribution in [0.15, 0.2) is 48.8 Å². The third-order valence-corrected chi connectivity index (χ3v) is 7.08. The molecule has 0 saturated carbocycles. The molecule has 1 aromatic heterocycles. The van der Waals surface area contributed by atoms with Gasteiger partial charge in [-0.2, -0.15) is 31.4 Å². The van der Waals surface area contributed by atoms with Crippen LogP contribution >= 0.6 is 0 Å². The van der Waals surface area contributed by atoms with Gasteiger partial charge < -0.3 is 19.1 Å². The van der Waals surface area contributed by atoms with Crippen LogP contribution in [0.1, 0.15) is 38.2 Å². The van der Waals surface area contributed by atoms with E-state index in [2.05, 4.69) is 15.1 Å². The highest BCUT2D eigenvalue weighted by molar-refractivity contribution is 5.95. The molecule has 2 heterocycles. The largest absolute Gasteiger partial charge is 0.467 e. The fourth-order valence-electron chi connectivity index (χ4n) is 4.88. The van der Waals surface area contributed by atoms with Crippen molar-refractivity contribution in [3.8, 4) is 5.75 Å². The summed E-state index contributed by atoms with van der Waals surface area (Å²) in [5.41, 5.74) is -1.24.